The van der Waals surface area contributed by atoms with E-state index in [4.69, 9.17) is 18.7 Å². The van der Waals surface area contributed by atoms with Gasteiger partial charge in [-0.05, 0) is 19.1 Å². The average Bonchev–Trinajstić information content (AvgIpc) is 2.46. The van der Waals surface area contributed by atoms with Gasteiger partial charge in [-0.25, -0.2) is 4.79 Å². The van der Waals surface area contributed by atoms with E-state index in [0.717, 1.165) is 0 Å². The van der Waals surface area contributed by atoms with Gasteiger partial charge >= 0.3 is 39.9 Å². The van der Waals surface area contributed by atoms with Crippen LogP contribution in [0.2, 0.25) is 0 Å². The van der Waals surface area contributed by atoms with Crippen molar-refractivity contribution >= 4 is 5.97 Å². The molecule has 1 aromatic carbocycles. The minimum absolute atomic E-state index is 0. The van der Waals surface area contributed by atoms with Crippen LogP contribution in [0.5, 0.6) is 0 Å². The van der Waals surface area contributed by atoms with Gasteiger partial charge in [-0.3, -0.25) is 0 Å². The summed E-state index contributed by atoms with van der Waals surface area (Å²) in [5, 5.41) is 0. The molecule has 5 nitrogen and oxygen atoms in total. The van der Waals surface area contributed by atoms with Crippen LogP contribution in [-0.4, -0.2) is 12.6 Å². The van der Waals surface area contributed by atoms with E-state index >= 15 is 0 Å². The Hall–Kier alpha value is -1.56. The fraction of sp³-hybridized carbons (Fsp3) is 0.167. The van der Waals surface area contributed by atoms with E-state index in [1.165, 1.54) is 0 Å². The molecule has 0 bridgehead atoms. The second kappa shape index (κ2) is 24.6. The summed E-state index contributed by atoms with van der Waals surface area (Å²) in [7, 11) is 0. The van der Waals surface area contributed by atoms with Crippen LogP contribution >= 0.6 is 0 Å². The normalized spacial score (nSPS) is 5.94. The quantitative estimate of drug-likeness (QED) is 0.471. The van der Waals surface area contributed by atoms with Crippen molar-refractivity contribution in [2.45, 2.75) is 6.92 Å². The number of hydrogen-bond acceptors (Lipinski definition) is 2. The Morgan fingerprint density at radius 3 is 1.78 bits per heavy atom. The van der Waals surface area contributed by atoms with Crippen molar-refractivity contribution in [3.63, 3.8) is 0 Å². The van der Waals surface area contributed by atoms with Crippen molar-refractivity contribution in [1.29, 1.82) is 0 Å². The van der Waals surface area contributed by atoms with E-state index in [9.17, 15) is 4.79 Å². The molecule has 0 radical (unpaired) electrons. The third kappa shape index (κ3) is 14.4. The molecule has 6 heteroatoms. The smallest absolute Gasteiger partial charge is 0 e. The maximum atomic E-state index is 11.0. The first-order valence-corrected chi connectivity index (χ1v) is 4.18. The molecule has 0 heterocycles. The maximum Gasteiger partial charge on any atom is 0 e. The van der Waals surface area contributed by atoms with Crippen LogP contribution in [-0.2, 0) is 36.1 Å². The van der Waals surface area contributed by atoms with Gasteiger partial charge < -0.3 is 4.74 Å². The Bertz CT molecular complexity index is 328. The minimum atomic E-state index is -0.256. The summed E-state index contributed by atoms with van der Waals surface area (Å²) < 4.78 is 27.3. The van der Waals surface area contributed by atoms with Crippen molar-refractivity contribution in [2.75, 3.05) is 6.61 Å². The molecular formula is C12H10CrO5. The van der Waals surface area contributed by atoms with Gasteiger partial charge in [-0.2, -0.15) is 0 Å². The third-order valence-electron chi connectivity index (χ3n) is 1.28. The van der Waals surface area contributed by atoms with Gasteiger partial charge in [0.05, 0.1) is 12.2 Å². The zero-order valence-electron chi connectivity index (χ0n) is 9.54. The van der Waals surface area contributed by atoms with E-state index in [1.54, 1.807) is 19.1 Å². The molecule has 0 aliphatic rings. The molecule has 94 valence electrons. The van der Waals surface area contributed by atoms with Crippen LogP contribution in [0.25, 0.3) is 0 Å². The van der Waals surface area contributed by atoms with Crippen molar-refractivity contribution in [2.24, 2.45) is 0 Å². The number of benzene rings is 1. The van der Waals surface area contributed by atoms with E-state index in [-0.39, 0.29) is 23.3 Å². The van der Waals surface area contributed by atoms with Crippen LogP contribution in [0.1, 0.15) is 17.3 Å². The standard InChI is InChI=1S/C9H10O2.3CO.Cr/c1-2-11-9(10)8-6-4-3-5-7-8;3*1-2;/h3-7H,2H2,1H3;;;;. The molecule has 0 aliphatic heterocycles. The van der Waals surface area contributed by atoms with Crippen molar-refractivity contribution in [3.8, 4) is 0 Å². The van der Waals surface area contributed by atoms with Gasteiger partial charge in [0.25, 0.3) is 0 Å². The van der Waals surface area contributed by atoms with Crippen LogP contribution < -0.4 is 0 Å². The number of carbonyl (C=O) groups is 1. The van der Waals surface area contributed by atoms with Crippen molar-refractivity contribution < 1.29 is 40.8 Å². The summed E-state index contributed by atoms with van der Waals surface area (Å²) >= 11 is 0. The van der Waals surface area contributed by atoms with Gasteiger partial charge in [0, 0.05) is 17.4 Å². The fourth-order valence-corrected chi connectivity index (χ4v) is 0.789. The number of esters is 1. The number of carbonyl (C=O) groups excluding carboxylic acids is 1. The van der Waals surface area contributed by atoms with Crippen molar-refractivity contribution in [1.82, 2.24) is 0 Å². The molecule has 0 saturated carbocycles. The fourth-order valence-electron chi connectivity index (χ4n) is 0.789. The molecule has 0 aromatic heterocycles. The molecule has 0 aliphatic carbocycles. The van der Waals surface area contributed by atoms with Crippen LogP contribution in [0, 0.1) is 20.0 Å². The second-order valence-electron chi connectivity index (χ2n) is 2.09. The minimum Gasteiger partial charge on any atom is 0 e. The molecule has 0 N–H and O–H groups in total. The van der Waals surface area contributed by atoms with Crippen LogP contribution in [0.15, 0.2) is 30.3 Å². The molecule has 1 rings (SSSR count). The first-order chi connectivity index (χ1) is 8.34. The zero-order valence-corrected chi connectivity index (χ0v) is 10.8. The predicted octanol–water partition coefficient (Wildman–Crippen LogP) is 1.75. The van der Waals surface area contributed by atoms with E-state index in [1.807, 2.05) is 18.2 Å². The van der Waals surface area contributed by atoms with E-state index in [2.05, 4.69) is 20.0 Å². The Morgan fingerprint density at radius 2 is 1.44 bits per heavy atom. The summed E-state index contributed by atoms with van der Waals surface area (Å²) in [5.74, 6) is -0.256. The van der Waals surface area contributed by atoms with Crippen LogP contribution in [0.3, 0.4) is 0 Å². The van der Waals surface area contributed by atoms with Gasteiger partial charge in [0.1, 0.15) is 0 Å². The third-order valence-corrected chi connectivity index (χ3v) is 1.28. The molecule has 0 spiro atoms. The molecule has 0 unspecified atom stereocenters. The molecule has 0 amide bonds. The topological polar surface area (TPSA) is 86.0 Å². The first-order valence-electron chi connectivity index (χ1n) is 4.18. The predicted molar refractivity (Wildman–Crippen MR) is 54.2 cm³/mol. The zero-order chi connectivity index (χ0) is 14.1. The van der Waals surface area contributed by atoms with Gasteiger partial charge in [-0.1, -0.05) is 18.2 Å². The summed E-state index contributed by atoms with van der Waals surface area (Å²) in [6, 6.07) is 8.96. The van der Waals surface area contributed by atoms with Crippen molar-refractivity contribution in [3.05, 3.63) is 55.8 Å². The summed E-state index contributed by atoms with van der Waals surface area (Å²) in [5.41, 5.74) is 0.606. The Labute approximate surface area is 116 Å². The molecular weight excluding hydrogens is 276 g/mol. The van der Waals surface area contributed by atoms with Gasteiger partial charge in [-0.15, -0.1) is 0 Å². The average molecular weight is 286 g/mol. The molecule has 0 saturated heterocycles. The van der Waals surface area contributed by atoms with E-state index < -0.39 is 0 Å². The number of ether oxygens (including phenoxy) is 1. The molecule has 18 heavy (non-hydrogen) atoms. The summed E-state index contributed by atoms with van der Waals surface area (Å²) in [6.45, 7) is 15.7. The van der Waals surface area contributed by atoms with Gasteiger partial charge in [0.2, 0.25) is 0 Å². The van der Waals surface area contributed by atoms with E-state index in [0.29, 0.717) is 12.2 Å². The maximum absolute atomic E-state index is 11.0. The summed E-state index contributed by atoms with van der Waals surface area (Å²) in [6.07, 6.45) is 0. The Kier molecular flexibility index (Phi) is 34.6. The Balaban J connectivity index is -0.000000123. The number of rotatable bonds is 2. The monoisotopic (exact) mass is 286 g/mol. The summed E-state index contributed by atoms with van der Waals surface area (Å²) in [4.78, 5) is 11.0. The molecule has 0 fully saturated rings. The number of hydrogen-bond donors (Lipinski definition) is 0. The Morgan fingerprint density at radius 1 is 1.06 bits per heavy atom. The molecule has 1 aromatic rings. The molecule has 0 atom stereocenters. The first kappa shape index (κ1) is 25.3. The second-order valence-corrected chi connectivity index (χ2v) is 2.09. The SMILES string of the molecule is CCOC(=O)c1ccccc1.[C-]#[O+].[C-]#[O+].[C-]#[O+].[Cr]. The van der Waals surface area contributed by atoms with Gasteiger partial charge in [0.15, 0.2) is 0 Å². The van der Waals surface area contributed by atoms with Crippen LogP contribution in [0.4, 0.5) is 0 Å². The largest absolute Gasteiger partial charge is 0 e.